The van der Waals surface area contributed by atoms with Gasteiger partial charge < -0.3 is 10.2 Å². The summed E-state index contributed by atoms with van der Waals surface area (Å²) in [6.07, 6.45) is 4.30. The lowest BCUT2D eigenvalue weighted by Crippen LogP contribution is -2.51. The van der Waals surface area contributed by atoms with Gasteiger partial charge in [0.1, 0.15) is 4.90 Å². The number of nitrogens with one attached hydrogen (secondary N) is 2. The number of aromatic nitrogens is 1. The van der Waals surface area contributed by atoms with Crippen LogP contribution in [-0.4, -0.2) is 32.2 Å². The predicted molar refractivity (Wildman–Crippen MR) is 70.8 cm³/mol. The molecule has 1 aliphatic heterocycles. The molecule has 1 aromatic heterocycles. The number of nitrogens with zero attached hydrogens (tertiary/aromatic N) is 1. The zero-order valence-corrected chi connectivity index (χ0v) is 11.5. The minimum Gasteiger partial charge on any atom is -0.380 e. The Balaban J connectivity index is 2.27. The lowest BCUT2D eigenvalue weighted by atomic mass is 9.97. The van der Waals surface area contributed by atoms with Gasteiger partial charge in [-0.25, -0.2) is 13.1 Å². The molecular formula is C11H18N4O3S. The summed E-state index contributed by atoms with van der Waals surface area (Å²) in [5.41, 5.74) is 2.07. The molecule has 0 bridgehead atoms. The molecule has 106 valence electrons. The number of rotatable bonds is 4. The molecule has 0 spiro atoms. The summed E-state index contributed by atoms with van der Waals surface area (Å²) < 4.78 is 32.8. The maximum atomic E-state index is 12.4. The molecule has 1 unspecified atom stereocenters. The van der Waals surface area contributed by atoms with E-state index in [0.717, 1.165) is 12.8 Å². The van der Waals surface area contributed by atoms with E-state index >= 15 is 0 Å². The van der Waals surface area contributed by atoms with Crippen molar-refractivity contribution in [1.29, 1.82) is 0 Å². The van der Waals surface area contributed by atoms with Gasteiger partial charge in [-0.2, -0.15) is 0 Å². The first-order valence-corrected chi connectivity index (χ1v) is 7.47. The van der Waals surface area contributed by atoms with Crippen LogP contribution in [0.25, 0.3) is 0 Å². The zero-order valence-electron chi connectivity index (χ0n) is 10.7. The summed E-state index contributed by atoms with van der Waals surface area (Å²) in [6, 6.07) is 1.51. The Kier molecular flexibility index (Phi) is 4.04. The monoisotopic (exact) mass is 286 g/mol. The summed E-state index contributed by atoms with van der Waals surface area (Å²) in [6.45, 7) is 2.85. The maximum absolute atomic E-state index is 12.4. The molecule has 1 fully saturated rings. The molecule has 0 aliphatic carbocycles. The number of hydrazine groups is 1. The molecule has 1 aliphatic rings. The van der Waals surface area contributed by atoms with Crippen molar-refractivity contribution in [2.24, 2.45) is 5.84 Å². The minimum absolute atomic E-state index is 0.0318. The van der Waals surface area contributed by atoms with Gasteiger partial charge in [-0.3, -0.25) is 10.8 Å². The zero-order chi connectivity index (χ0) is 13.9. The van der Waals surface area contributed by atoms with Gasteiger partial charge in [0.15, 0.2) is 0 Å². The van der Waals surface area contributed by atoms with Crippen LogP contribution in [0.15, 0.2) is 23.4 Å². The third-order valence-electron chi connectivity index (χ3n) is 3.05. The van der Waals surface area contributed by atoms with Gasteiger partial charge in [-0.15, -0.1) is 0 Å². The molecule has 0 radical (unpaired) electrons. The summed E-state index contributed by atoms with van der Waals surface area (Å²) >= 11 is 0. The molecule has 2 rings (SSSR count). The average molecular weight is 286 g/mol. The Morgan fingerprint density at radius 2 is 2.32 bits per heavy atom. The number of pyridine rings is 1. The topological polar surface area (TPSA) is 106 Å². The summed E-state index contributed by atoms with van der Waals surface area (Å²) in [5.74, 6) is 5.32. The van der Waals surface area contributed by atoms with Crippen LogP contribution in [-0.2, 0) is 14.8 Å². The fraction of sp³-hybridized carbons (Fsp3) is 0.545. The van der Waals surface area contributed by atoms with E-state index in [2.05, 4.69) is 15.1 Å². The first kappa shape index (κ1) is 14.2. The van der Waals surface area contributed by atoms with Gasteiger partial charge in [-0.05, 0) is 25.8 Å². The normalized spacial score (nSPS) is 24.1. The smallest absolute Gasteiger partial charge is 0.244 e. The fourth-order valence-corrected chi connectivity index (χ4v) is 3.64. The number of hydrogen-bond donors (Lipinski definition) is 3. The van der Waals surface area contributed by atoms with Crippen molar-refractivity contribution < 1.29 is 13.2 Å². The Hall–Kier alpha value is -1.22. The SMILES string of the molecule is CC1(NS(=O)(=O)c2cnccc2NN)CCCOC1. The molecule has 1 saturated heterocycles. The number of nitrogen functional groups attached to an aromatic ring is 1. The van der Waals surface area contributed by atoms with E-state index in [1.165, 1.54) is 18.5 Å². The van der Waals surface area contributed by atoms with Crippen molar-refractivity contribution in [3.8, 4) is 0 Å². The fourth-order valence-electron chi connectivity index (χ4n) is 2.11. The predicted octanol–water partition coefficient (Wildman–Crippen LogP) is 0.215. The van der Waals surface area contributed by atoms with Crippen molar-refractivity contribution >= 4 is 15.7 Å². The number of ether oxygens (including phenoxy) is 1. The van der Waals surface area contributed by atoms with E-state index in [4.69, 9.17) is 10.6 Å². The highest BCUT2D eigenvalue weighted by Gasteiger charge is 2.33. The standard InChI is InChI=1S/C11H18N4O3S/c1-11(4-2-6-18-8-11)15-19(16,17)10-7-13-5-3-9(10)14-12/h3,5,7,15H,2,4,6,8,12H2,1H3,(H,13,14). The van der Waals surface area contributed by atoms with Crippen molar-refractivity contribution in [2.45, 2.75) is 30.2 Å². The van der Waals surface area contributed by atoms with Gasteiger partial charge in [0.2, 0.25) is 10.0 Å². The summed E-state index contributed by atoms with van der Waals surface area (Å²) in [7, 11) is -3.70. The van der Waals surface area contributed by atoms with Crippen molar-refractivity contribution in [3.05, 3.63) is 18.5 Å². The van der Waals surface area contributed by atoms with E-state index in [9.17, 15) is 8.42 Å². The van der Waals surface area contributed by atoms with E-state index in [0.29, 0.717) is 18.9 Å². The Morgan fingerprint density at radius 1 is 1.53 bits per heavy atom. The number of anilines is 1. The highest BCUT2D eigenvalue weighted by atomic mass is 32.2. The van der Waals surface area contributed by atoms with Gasteiger partial charge >= 0.3 is 0 Å². The van der Waals surface area contributed by atoms with Gasteiger partial charge in [-0.1, -0.05) is 0 Å². The second-order valence-electron chi connectivity index (χ2n) is 4.84. The number of nitrogens with two attached hydrogens (primary N) is 1. The average Bonchev–Trinajstić information content (AvgIpc) is 2.38. The Labute approximate surface area is 112 Å². The van der Waals surface area contributed by atoms with Crippen LogP contribution in [0.5, 0.6) is 0 Å². The molecule has 1 atom stereocenters. The first-order chi connectivity index (χ1) is 8.97. The molecule has 4 N–H and O–H groups in total. The van der Waals surface area contributed by atoms with Gasteiger partial charge in [0, 0.05) is 19.0 Å². The molecule has 8 heteroatoms. The summed E-state index contributed by atoms with van der Waals surface area (Å²) in [4.78, 5) is 3.86. The first-order valence-electron chi connectivity index (χ1n) is 5.99. The van der Waals surface area contributed by atoms with Crippen LogP contribution in [0.3, 0.4) is 0 Å². The molecule has 0 amide bonds. The van der Waals surface area contributed by atoms with E-state index in [1.807, 2.05) is 6.92 Å². The maximum Gasteiger partial charge on any atom is 0.244 e. The van der Waals surface area contributed by atoms with Crippen LogP contribution < -0.4 is 16.0 Å². The lowest BCUT2D eigenvalue weighted by Gasteiger charge is -2.33. The van der Waals surface area contributed by atoms with Gasteiger partial charge in [0.25, 0.3) is 0 Å². The van der Waals surface area contributed by atoms with Crippen LogP contribution in [0.4, 0.5) is 5.69 Å². The second kappa shape index (κ2) is 5.41. The number of hydrogen-bond acceptors (Lipinski definition) is 6. The highest BCUT2D eigenvalue weighted by Crippen LogP contribution is 2.24. The molecule has 7 nitrogen and oxygen atoms in total. The van der Waals surface area contributed by atoms with Crippen molar-refractivity contribution in [2.75, 3.05) is 18.6 Å². The van der Waals surface area contributed by atoms with Crippen LogP contribution in [0.1, 0.15) is 19.8 Å². The lowest BCUT2D eigenvalue weighted by molar-refractivity contribution is 0.0386. The van der Waals surface area contributed by atoms with Crippen molar-refractivity contribution in [1.82, 2.24) is 9.71 Å². The quantitative estimate of drug-likeness (QED) is 0.540. The van der Waals surface area contributed by atoms with Crippen molar-refractivity contribution in [3.63, 3.8) is 0 Å². The molecular weight excluding hydrogens is 268 g/mol. The molecule has 1 aromatic rings. The van der Waals surface area contributed by atoms with Gasteiger partial charge in [0.05, 0.1) is 17.8 Å². The Morgan fingerprint density at radius 3 is 2.95 bits per heavy atom. The highest BCUT2D eigenvalue weighted by molar-refractivity contribution is 7.89. The van der Waals surface area contributed by atoms with E-state index in [1.54, 1.807) is 0 Å². The van der Waals surface area contributed by atoms with Crippen LogP contribution in [0.2, 0.25) is 0 Å². The van der Waals surface area contributed by atoms with E-state index < -0.39 is 15.6 Å². The molecule has 0 saturated carbocycles. The molecule has 0 aromatic carbocycles. The third kappa shape index (κ3) is 3.21. The Bertz CT molecular complexity index is 541. The largest absolute Gasteiger partial charge is 0.380 e. The molecule has 19 heavy (non-hydrogen) atoms. The van der Waals surface area contributed by atoms with Crippen LogP contribution in [0, 0.1) is 0 Å². The summed E-state index contributed by atoms with van der Waals surface area (Å²) in [5, 5.41) is 0. The van der Waals surface area contributed by atoms with E-state index in [-0.39, 0.29) is 4.90 Å². The second-order valence-corrected chi connectivity index (χ2v) is 6.49. The third-order valence-corrected chi connectivity index (χ3v) is 4.71. The minimum atomic E-state index is -3.70. The number of sulfonamides is 1. The van der Waals surface area contributed by atoms with Crippen LogP contribution >= 0.6 is 0 Å². The molecule has 2 heterocycles.